The largest absolute Gasteiger partial charge is 0.714 e. The van der Waals surface area contributed by atoms with Gasteiger partial charge in [-0.05, 0) is 6.92 Å². The maximum Gasteiger partial charge on any atom is 0.284 e. The fourth-order valence-electron chi connectivity index (χ4n) is 1.45. The molecule has 4 N–H and O–H groups in total. The molecule has 1 aliphatic heterocycles. The number of thioether (sulfide) groups is 1. The first kappa shape index (κ1) is 17.6. The van der Waals surface area contributed by atoms with Crippen molar-refractivity contribution >= 4 is 27.2 Å². The molecule has 1 aliphatic rings. The standard InChI is InChI=1S/C8H15NO9S2/c1-3(9-18-20(14,15)16)19-8-7(13)6(12)5(11)4(2-10)17-8/h4-8,10-13H,2H2,1H3,(H,14,15,16)/p-1/t4-,5+,6+,7-,8+/m1/s1. The molecule has 0 aromatic carbocycles. The number of oxime groups is 1. The van der Waals surface area contributed by atoms with E-state index in [1.54, 1.807) is 0 Å². The summed E-state index contributed by atoms with van der Waals surface area (Å²) in [5.41, 5.74) is -1.13. The van der Waals surface area contributed by atoms with Gasteiger partial charge in [-0.1, -0.05) is 16.9 Å². The van der Waals surface area contributed by atoms with Crippen LogP contribution in [0, 0.1) is 0 Å². The highest BCUT2D eigenvalue weighted by atomic mass is 32.3. The van der Waals surface area contributed by atoms with Crippen molar-refractivity contribution in [2.24, 2.45) is 5.16 Å². The molecule has 0 unspecified atom stereocenters. The number of hydrogen-bond donors (Lipinski definition) is 4. The first-order valence-corrected chi connectivity index (χ1v) is 7.53. The molecule has 0 saturated carbocycles. The smallest absolute Gasteiger partial charge is 0.284 e. The van der Waals surface area contributed by atoms with Gasteiger partial charge in [0.05, 0.1) is 6.61 Å². The molecular weight excluding hydrogens is 318 g/mol. The number of aliphatic hydroxyl groups is 4. The summed E-state index contributed by atoms with van der Waals surface area (Å²) in [5.74, 6) is 0. The van der Waals surface area contributed by atoms with Crippen LogP contribution < -0.4 is 0 Å². The Hall–Kier alpha value is -0.470. The van der Waals surface area contributed by atoms with Gasteiger partial charge in [0.15, 0.2) is 0 Å². The molecule has 12 heteroatoms. The number of nitrogens with zero attached hydrogens (tertiary/aromatic N) is 1. The Morgan fingerprint density at radius 2 is 1.95 bits per heavy atom. The number of aliphatic hydroxyl groups excluding tert-OH is 4. The average molecular weight is 332 g/mol. The minimum atomic E-state index is -4.99. The molecule has 0 aromatic heterocycles. The first-order valence-electron chi connectivity index (χ1n) is 5.32. The minimum absolute atomic E-state index is 0.0752. The van der Waals surface area contributed by atoms with E-state index in [2.05, 4.69) is 9.44 Å². The van der Waals surface area contributed by atoms with E-state index in [9.17, 15) is 28.3 Å². The van der Waals surface area contributed by atoms with Gasteiger partial charge in [-0.25, -0.2) is 0 Å². The lowest BCUT2D eigenvalue weighted by Crippen LogP contribution is -2.57. The second-order valence-electron chi connectivity index (χ2n) is 3.91. The van der Waals surface area contributed by atoms with Crippen molar-refractivity contribution in [1.82, 2.24) is 0 Å². The number of hydrogen-bond acceptors (Lipinski definition) is 11. The SMILES string of the molecule is CC(=NOS(=O)(=O)[O-])S[C@@H]1O[C@H](CO)[C@H](O)[C@H](O)[C@H]1O. The maximum absolute atomic E-state index is 10.2. The van der Waals surface area contributed by atoms with Gasteiger partial charge in [0.25, 0.3) is 10.4 Å². The number of rotatable bonds is 4. The fourth-order valence-corrected chi connectivity index (χ4v) is 2.62. The predicted molar refractivity (Wildman–Crippen MR) is 65.2 cm³/mol. The van der Waals surface area contributed by atoms with Crippen molar-refractivity contribution in [2.45, 2.75) is 36.8 Å². The quantitative estimate of drug-likeness (QED) is 0.140. The molecule has 20 heavy (non-hydrogen) atoms. The highest BCUT2D eigenvalue weighted by molar-refractivity contribution is 8.14. The lowest BCUT2D eigenvalue weighted by Gasteiger charge is -2.39. The number of ether oxygens (including phenoxy) is 1. The van der Waals surface area contributed by atoms with E-state index in [-0.39, 0.29) is 5.04 Å². The van der Waals surface area contributed by atoms with Gasteiger partial charge in [0.2, 0.25) is 0 Å². The summed E-state index contributed by atoms with van der Waals surface area (Å²) >= 11 is 0.661. The summed E-state index contributed by atoms with van der Waals surface area (Å²) in [5, 5.41) is 40.6. The molecule has 5 atom stereocenters. The van der Waals surface area contributed by atoms with Gasteiger partial charge in [-0.3, -0.25) is 4.28 Å². The van der Waals surface area contributed by atoms with Gasteiger partial charge < -0.3 is 29.7 Å². The van der Waals surface area contributed by atoms with Gasteiger partial charge >= 0.3 is 0 Å². The van der Waals surface area contributed by atoms with Crippen LogP contribution in [0.4, 0.5) is 0 Å². The Morgan fingerprint density at radius 3 is 2.45 bits per heavy atom. The predicted octanol–water partition coefficient (Wildman–Crippen LogP) is -2.67. The van der Waals surface area contributed by atoms with Gasteiger partial charge in [-0.15, -0.1) is 0 Å². The Morgan fingerprint density at radius 1 is 1.35 bits per heavy atom. The third-order valence-corrected chi connectivity index (χ3v) is 3.69. The molecule has 0 aromatic rings. The molecule has 0 aliphatic carbocycles. The topological polar surface area (TPSA) is 169 Å². The van der Waals surface area contributed by atoms with Gasteiger partial charge in [0.1, 0.15) is 34.9 Å². The van der Waals surface area contributed by atoms with Crippen LogP contribution in [0.5, 0.6) is 0 Å². The Balaban J connectivity index is 2.71. The van der Waals surface area contributed by atoms with Crippen LogP contribution in [0.25, 0.3) is 0 Å². The van der Waals surface area contributed by atoms with Crippen molar-refractivity contribution in [3.8, 4) is 0 Å². The summed E-state index contributed by atoms with van der Waals surface area (Å²) in [7, 11) is -4.99. The second kappa shape index (κ2) is 7.00. The summed E-state index contributed by atoms with van der Waals surface area (Å²) < 4.78 is 39.4. The molecule has 10 nitrogen and oxygen atoms in total. The summed E-state index contributed by atoms with van der Waals surface area (Å²) in [6.07, 6.45) is -5.66. The molecule has 1 rings (SSSR count). The van der Waals surface area contributed by atoms with Crippen LogP contribution in [0.3, 0.4) is 0 Å². The van der Waals surface area contributed by atoms with Crippen LogP contribution in [-0.4, -0.2) is 74.9 Å². The molecule has 118 valence electrons. The van der Waals surface area contributed by atoms with E-state index < -0.39 is 46.9 Å². The molecule has 0 spiro atoms. The minimum Gasteiger partial charge on any atom is -0.714 e. The molecule has 1 saturated heterocycles. The van der Waals surface area contributed by atoms with Crippen LogP contribution in [0.1, 0.15) is 6.92 Å². The van der Waals surface area contributed by atoms with Crippen LogP contribution >= 0.6 is 11.8 Å². The molecule has 1 fully saturated rings. The molecule has 0 bridgehead atoms. The van der Waals surface area contributed by atoms with Crippen molar-refractivity contribution in [2.75, 3.05) is 6.61 Å². The average Bonchev–Trinajstić information content (AvgIpc) is 2.36. The Labute approximate surface area is 119 Å². The maximum atomic E-state index is 10.2. The van der Waals surface area contributed by atoms with Gasteiger partial charge in [-0.2, -0.15) is 8.42 Å². The second-order valence-corrected chi connectivity index (χ2v) is 6.16. The zero-order valence-electron chi connectivity index (χ0n) is 10.2. The summed E-state index contributed by atoms with van der Waals surface area (Å²) in [4.78, 5) is 0. The lowest BCUT2D eigenvalue weighted by molar-refractivity contribution is -0.205. The van der Waals surface area contributed by atoms with E-state index in [4.69, 9.17) is 9.84 Å². The Bertz CT molecular complexity index is 451. The third-order valence-electron chi connectivity index (χ3n) is 2.39. The monoisotopic (exact) mass is 332 g/mol. The summed E-state index contributed by atoms with van der Waals surface area (Å²) in [6.45, 7) is 0.681. The van der Waals surface area contributed by atoms with Crippen LogP contribution in [0.2, 0.25) is 0 Å². The fraction of sp³-hybridized carbons (Fsp3) is 0.875. The lowest BCUT2D eigenvalue weighted by atomic mass is 10.0. The molecule has 0 amide bonds. The van der Waals surface area contributed by atoms with Crippen molar-refractivity contribution < 1.29 is 42.4 Å². The van der Waals surface area contributed by atoms with Crippen molar-refractivity contribution in [1.29, 1.82) is 0 Å². The van der Waals surface area contributed by atoms with Gasteiger partial charge in [0, 0.05) is 0 Å². The highest BCUT2D eigenvalue weighted by Gasteiger charge is 2.43. The third kappa shape index (κ3) is 4.82. The summed E-state index contributed by atoms with van der Waals surface area (Å²) in [6, 6.07) is 0. The zero-order chi connectivity index (χ0) is 15.5. The zero-order valence-corrected chi connectivity index (χ0v) is 11.8. The van der Waals surface area contributed by atoms with E-state index in [1.165, 1.54) is 6.92 Å². The van der Waals surface area contributed by atoms with E-state index >= 15 is 0 Å². The van der Waals surface area contributed by atoms with E-state index in [0.717, 1.165) is 0 Å². The molecule has 0 radical (unpaired) electrons. The normalized spacial score (nSPS) is 35.9. The first-order chi connectivity index (χ1) is 9.15. The van der Waals surface area contributed by atoms with Crippen molar-refractivity contribution in [3.05, 3.63) is 0 Å². The molecule has 1 heterocycles. The van der Waals surface area contributed by atoms with E-state index in [0.29, 0.717) is 11.8 Å². The van der Waals surface area contributed by atoms with Crippen LogP contribution in [0.15, 0.2) is 5.16 Å². The Kier molecular flexibility index (Phi) is 6.15. The molecular formula is C8H14NO9S2-. The van der Waals surface area contributed by atoms with Crippen molar-refractivity contribution in [3.63, 3.8) is 0 Å². The van der Waals surface area contributed by atoms with E-state index in [1.807, 2.05) is 0 Å². The highest BCUT2D eigenvalue weighted by Crippen LogP contribution is 2.29. The van der Waals surface area contributed by atoms with Crippen LogP contribution in [-0.2, 0) is 19.4 Å².